The van der Waals surface area contributed by atoms with Gasteiger partial charge in [-0.2, -0.15) is 0 Å². The summed E-state index contributed by atoms with van der Waals surface area (Å²) in [5.41, 5.74) is 6.24. The standard InChI is InChI=1S/C14H20FN3O3/c1-9-3-4-10(7-11(9)15)13(19)17-5-6-18-14(20)12(16)8-21-2/h3-4,7,12H,5-6,8,16H2,1-2H3,(H,17,19)(H,18,20). The van der Waals surface area contributed by atoms with Crippen molar-refractivity contribution < 1.29 is 18.7 Å². The molecule has 21 heavy (non-hydrogen) atoms. The lowest BCUT2D eigenvalue weighted by molar-refractivity contribution is -0.123. The number of rotatable bonds is 7. The predicted octanol–water partition coefficient (Wildman–Crippen LogP) is -0.0462. The Kier molecular flexibility index (Phi) is 6.77. The lowest BCUT2D eigenvalue weighted by Crippen LogP contribution is -2.45. The van der Waals surface area contributed by atoms with Crippen molar-refractivity contribution in [1.82, 2.24) is 10.6 Å². The van der Waals surface area contributed by atoms with E-state index < -0.39 is 17.8 Å². The summed E-state index contributed by atoms with van der Waals surface area (Å²) in [6.45, 7) is 2.20. The lowest BCUT2D eigenvalue weighted by atomic mass is 10.1. The van der Waals surface area contributed by atoms with Crippen LogP contribution >= 0.6 is 0 Å². The zero-order valence-corrected chi connectivity index (χ0v) is 12.1. The summed E-state index contributed by atoms with van der Waals surface area (Å²) in [6.07, 6.45) is 0. The Morgan fingerprint density at radius 2 is 2.00 bits per heavy atom. The largest absolute Gasteiger partial charge is 0.383 e. The molecule has 0 aromatic heterocycles. The molecule has 0 fully saturated rings. The smallest absolute Gasteiger partial charge is 0.251 e. The second kappa shape index (κ2) is 8.33. The Balaban J connectivity index is 2.34. The Bertz CT molecular complexity index is 508. The van der Waals surface area contributed by atoms with Gasteiger partial charge in [0.05, 0.1) is 6.61 Å². The normalized spacial score (nSPS) is 11.8. The predicted molar refractivity (Wildman–Crippen MR) is 76.3 cm³/mol. The third-order valence-electron chi connectivity index (χ3n) is 2.83. The van der Waals surface area contributed by atoms with Gasteiger partial charge < -0.3 is 21.1 Å². The highest BCUT2D eigenvalue weighted by Crippen LogP contribution is 2.08. The van der Waals surface area contributed by atoms with Crippen LogP contribution in [0.1, 0.15) is 15.9 Å². The van der Waals surface area contributed by atoms with Crippen LogP contribution in [0.3, 0.4) is 0 Å². The van der Waals surface area contributed by atoms with Gasteiger partial charge in [0.25, 0.3) is 5.91 Å². The van der Waals surface area contributed by atoms with Crippen LogP contribution < -0.4 is 16.4 Å². The van der Waals surface area contributed by atoms with Crippen LogP contribution in [0.25, 0.3) is 0 Å². The van der Waals surface area contributed by atoms with E-state index in [1.54, 1.807) is 13.0 Å². The zero-order chi connectivity index (χ0) is 15.8. The molecule has 0 saturated carbocycles. The topological polar surface area (TPSA) is 93.4 Å². The molecule has 0 radical (unpaired) electrons. The number of aryl methyl sites for hydroxylation is 1. The molecule has 4 N–H and O–H groups in total. The van der Waals surface area contributed by atoms with Crippen molar-refractivity contribution in [2.24, 2.45) is 5.73 Å². The van der Waals surface area contributed by atoms with Crippen LogP contribution in [0.5, 0.6) is 0 Å². The van der Waals surface area contributed by atoms with E-state index in [-0.39, 0.29) is 31.2 Å². The quantitative estimate of drug-likeness (QED) is 0.615. The molecule has 6 nitrogen and oxygen atoms in total. The van der Waals surface area contributed by atoms with Crippen LogP contribution in [-0.2, 0) is 9.53 Å². The van der Waals surface area contributed by atoms with E-state index in [0.717, 1.165) is 0 Å². The number of carbonyl (C=O) groups excluding carboxylic acids is 2. The SMILES string of the molecule is COCC(N)C(=O)NCCNC(=O)c1ccc(C)c(F)c1. The van der Waals surface area contributed by atoms with E-state index in [4.69, 9.17) is 10.5 Å². The lowest BCUT2D eigenvalue weighted by Gasteiger charge is -2.11. The molecule has 0 aliphatic rings. The van der Waals surface area contributed by atoms with E-state index in [9.17, 15) is 14.0 Å². The number of halogens is 1. The molecule has 0 bridgehead atoms. The number of hydrogen-bond acceptors (Lipinski definition) is 4. The average molecular weight is 297 g/mol. The summed E-state index contributed by atoms with van der Waals surface area (Å²) in [4.78, 5) is 23.2. The minimum absolute atomic E-state index is 0.126. The van der Waals surface area contributed by atoms with Crippen molar-refractivity contribution in [2.75, 3.05) is 26.8 Å². The molecule has 1 atom stereocenters. The Morgan fingerprint density at radius 3 is 2.62 bits per heavy atom. The summed E-state index contributed by atoms with van der Waals surface area (Å²) in [5, 5.41) is 5.14. The van der Waals surface area contributed by atoms with Crippen molar-refractivity contribution in [2.45, 2.75) is 13.0 Å². The van der Waals surface area contributed by atoms with Crippen LogP contribution in [0.4, 0.5) is 4.39 Å². The zero-order valence-electron chi connectivity index (χ0n) is 12.1. The van der Waals surface area contributed by atoms with E-state index in [0.29, 0.717) is 5.56 Å². The summed E-state index contributed by atoms with van der Waals surface area (Å²) in [7, 11) is 1.45. The maximum atomic E-state index is 13.3. The van der Waals surface area contributed by atoms with Crippen molar-refractivity contribution in [1.29, 1.82) is 0 Å². The first-order chi connectivity index (χ1) is 9.95. The van der Waals surface area contributed by atoms with Gasteiger partial charge in [0.1, 0.15) is 11.9 Å². The van der Waals surface area contributed by atoms with Crippen molar-refractivity contribution >= 4 is 11.8 Å². The van der Waals surface area contributed by atoms with E-state index in [1.165, 1.54) is 19.2 Å². The van der Waals surface area contributed by atoms with Gasteiger partial charge in [0.15, 0.2) is 0 Å². The highest BCUT2D eigenvalue weighted by Gasteiger charge is 2.12. The maximum absolute atomic E-state index is 13.3. The Hall–Kier alpha value is -1.99. The van der Waals surface area contributed by atoms with Gasteiger partial charge in [-0.15, -0.1) is 0 Å². The summed E-state index contributed by atoms with van der Waals surface area (Å²) in [6, 6.07) is 3.52. The Morgan fingerprint density at radius 1 is 1.33 bits per heavy atom. The monoisotopic (exact) mass is 297 g/mol. The van der Waals surface area contributed by atoms with Gasteiger partial charge in [-0.25, -0.2) is 4.39 Å². The second-order valence-electron chi connectivity index (χ2n) is 4.57. The minimum atomic E-state index is -0.739. The fourth-order valence-electron chi connectivity index (χ4n) is 1.58. The molecule has 116 valence electrons. The van der Waals surface area contributed by atoms with Gasteiger partial charge in [0, 0.05) is 25.8 Å². The van der Waals surface area contributed by atoms with Crippen molar-refractivity contribution in [3.05, 3.63) is 35.1 Å². The molecule has 0 aliphatic heterocycles. The molecule has 1 aromatic carbocycles. The molecule has 1 aromatic rings. The molecule has 2 amide bonds. The molecule has 0 heterocycles. The van der Waals surface area contributed by atoms with Gasteiger partial charge in [-0.05, 0) is 24.6 Å². The van der Waals surface area contributed by atoms with Gasteiger partial charge in [0.2, 0.25) is 5.91 Å². The average Bonchev–Trinajstić information content (AvgIpc) is 2.46. The molecule has 7 heteroatoms. The van der Waals surface area contributed by atoms with Gasteiger partial charge in [-0.1, -0.05) is 6.07 Å². The van der Waals surface area contributed by atoms with E-state index in [1.807, 2.05) is 0 Å². The number of carbonyl (C=O) groups is 2. The van der Waals surface area contributed by atoms with E-state index >= 15 is 0 Å². The molecule has 1 rings (SSSR count). The summed E-state index contributed by atoms with van der Waals surface area (Å²) < 4.78 is 18.1. The first-order valence-corrected chi connectivity index (χ1v) is 6.52. The molecule has 0 aliphatic carbocycles. The number of methoxy groups -OCH3 is 1. The highest BCUT2D eigenvalue weighted by atomic mass is 19.1. The van der Waals surface area contributed by atoms with Gasteiger partial charge >= 0.3 is 0 Å². The third kappa shape index (κ3) is 5.49. The van der Waals surface area contributed by atoms with Crippen LogP contribution in [-0.4, -0.2) is 44.7 Å². The van der Waals surface area contributed by atoms with Gasteiger partial charge in [-0.3, -0.25) is 9.59 Å². The van der Waals surface area contributed by atoms with Crippen LogP contribution in [0.2, 0.25) is 0 Å². The number of hydrogen-bond donors (Lipinski definition) is 3. The Labute approximate surface area is 122 Å². The first kappa shape index (κ1) is 17.1. The number of nitrogens with two attached hydrogens (primary N) is 1. The maximum Gasteiger partial charge on any atom is 0.251 e. The second-order valence-corrected chi connectivity index (χ2v) is 4.57. The van der Waals surface area contributed by atoms with Crippen molar-refractivity contribution in [3.8, 4) is 0 Å². The van der Waals surface area contributed by atoms with Crippen LogP contribution in [0.15, 0.2) is 18.2 Å². The molecular weight excluding hydrogens is 277 g/mol. The molecule has 0 spiro atoms. The van der Waals surface area contributed by atoms with Crippen molar-refractivity contribution in [3.63, 3.8) is 0 Å². The molecule has 1 unspecified atom stereocenters. The fourth-order valence-corrected chi connectivity index (χ4v) is 1.58. The minimum Gasteiger partial charge on any atom is -0.383 e. The summed E-state index contributed by atoms with van der Waals surface area (Å²) >= 11 is 0. The number of ether oxygens (including phenoxy) is 1. The number of benzene rings is 1. The molecular formula is C14H20FN3O3. The van der Waals surface area contributed by atoms with E-state index in [2.05, 4.69) is 10.6 Å². The summed E-state index contributed by atoms with van der Waals surface area (Å²) in [5.74, 6) is -1.18. The number of amides is 2. The highest BCUT2D eigenvalue weighted by molar-refractivity contribution is 5.94. The fraction of sp³-hybridized carbons (Fsp3) is 0.429. The first-order valence-electron chi connectivity index (χ1n) is 6.52. The number of nitrogens with one attached hydrogen (secondary N) is 2. The third-order valence-corrected chi connectivity index (χ3v) is 2.83. The van der Waals surface area contributed by atoms with Crippen LogP contribution in [0, 0.1) is 12.7 Å². The molecule has 0 saturated heterocycles.